The van der Waals surface area contributed by atoms with Crippen LogP contribution in [0.4, 0.5) is 16.5 Å². The predicted molar refractivity (Wildman–Crippen MR) is 134 cm³/mol. The van der Waals surface area contributed by atoms with Gasteiger partial charge in [0.25, 0.3) is 11.6 Å². The van der Waals surface area contributed by atoms with Gasteiger partial charge in [0.1, 0.15) is 0 Å². The van der Waals surface area contributed by atoms with Crippen molar-refractivity contribution in [2.75, 3.05) is 16.4 Å². The molecule has 1 heterocycles. The molecule has 3 aromatic carbocycles. The van der Waals surface area contributed by atoms with Gasteiger partial charge >= 0.3 is 0 Å². The van der Waals surface area contributed by atoms with Crippen LogP contribution < -0.4 is 10.6 Å². The highest BCUT2D eigenvalue weighted by molar-refractivity contribution is 8.00. The number of thiazole rings is 1. The molecule has 2 N–H and O–H groups in total. The third-order valence-electron chi connectivity index (χ3n) is 4.60. The van der Waals surface area contributed by atoms with Crippen molar-refractivity contribution < 1.29 is 14.5 Å². The van der Waals surface area contributed by atoms with Crippen LogP contribution in [0.15, 0.2) is 89.1 Å². The van der Waals surface area contributed by atoms with Crippen LogP contribution in [-0.2, 0) is 4.79 Å². The van der Waals surface area contributed by atoms with E-state index in [0.717, 1.165) is 16.2 Å². The fourth-order valence-electron chi connectivity index (χ4n) is 3.00. The van der Waals surface area contributed by atoms with Gasteiger partial charge in [0, 0.05) is 39.2 Å². The van der Waals surface area contributed by atoms with Crippen molar-refractivity contribution >= 4 is 51.4 Å². The van der Waals surface area contributed by atoms with Gasteiger partial charge in [-0.25, -0.2) is 4.98 Å². The fourth-order valence-corrected chi connectivity index (χ4v) is 4.50. The maximum absolute atomic E-state index is 12.5. The second-order valence-electron chi connectivity index (χ2n) is 7.03. The van der Waals surface area contributed by atoms with E-state index in [9.17, 15) is 19.7 Å². The molecule has 1 aromatic heterocycles. The number of carbonyl (C=O) groups excluding carboxylic acids is 2. The summed E-state index contributed by atoms with van der Waals surface area (Å²) in [6.07, 6.45) is 0. The Morgan fingerprint density at radius 1 is 0.971 bits per heavy atom. The molecule has 4 rings (SSSR count). The van der Waals surface area contributed by atoms with Crippen LogP contribution in [-0.4, -0.2) is 27.5 Å². The molecule has 0 spiro atoms. The quantitative estimate of drug-likeness (QED) is 0.186. The Labute approximate surface area is 203 Å². The number of non-ortho nitro benzene ring substituents is 1. The first-order valence-electron chi connectivity index (χ1n) is 10.1. The lowest BCUT2D eigenvalue weighted by Gasteiger charge is -2.08. The molecule has 0 aliphatic rings. The number of hydrogen-bond donors (Lipinski definition) is 2. The Balaban J connectivity index is 1.32. The molecule has 4 aromatic rings. The number of nitrogens with zero attached hydrogens (tertiary/aromatic N) is 2. The highest BCUT2D eigenvalue weighted by Crippen LogP contribution is 2.26. The Hall–Kier alpha value is -4.02. The van der Waals surface area contributed by atoms with Gasteiger partial charge in [-0.15, -0.1) is 23.1 Å². The first-order valence-corrected chi connectivity index (χ1v) is 11.9. The Morgan fingerprint density at radius 3 is 2.56 bits per heavy atom. The fraction of sp³-hybridized carbons (Fsp3) is 0.0417. The van der Waals surface area contributed by atoms with E-state index >= 15 is 0 Å². The van der Waals surface area contributed by atoms with E-state index in [4.69, 9.17) is 0 Å². The number of rotatable bonds is 8. The molecule has 0 bridgehead atoms. The zero-order valence-electron chi connectivity index (χ0n) is 17.6. The van der Waals surface area contributed by atoms with Gasteiger partial charge in [0.15, 0.2) is 5.13 Å². The zero-order chi connectivity index (χ0) is 23.9. The first kappa shape index (κ1) is 23.1. The largest absolute Gasteiger partial charge is 0.322 e. The smallest absolute Gasteiger partial charge is 0.270 e. The standard InChI is InChI=1S/C24H18N4O4S2/c29-22(27-24-26-21(14-34-24)16-6-2-1-3-7-16)15-33-20-11-5-9-18(13-20)25-23(30)17-8-4-10-19(12-17)28(31)32/h1-14H,15H2,(H,25,30)(H,26,27,29). The highest BCUT2D eigenvalue weighted by atomic mass is 32.2. The summed E-state index contributed by atoms with van der Waals surface area (Å²) < 4.78 is 0. The number of anilines is 2. The summed E-state index contributed by atoms with van der Waals surface area (Å²) in [4.78, 5) is 40.5. The van der Waals surface area contributed by atoms with Crippen molar-refractivity contribution in [3.05, 3.63) is 99.9 Å². The summed E-state index contributed by atoms with van der Waals surface area (Å²) in [6, 6.07) is 22.3. The van der Waals surface area contributed by atoms with Crippen molar-refractivity contribution in [3.63, 3.8) is 0 Å². The molecule has 0 fully saturated rings. The average molecular weight is 491 g/mol. The molecule has 0 aliphatic carbocycles. The van der Waals surface area contributed by atoms with Gasteiger partial charge < -0.3 is 10.6 Å². The number of nitro groups is 1. The Kier molecular flexibility index (Phi) is 7.31. The van der Waals surface area contributed by atoms with Crippen molar-refractivity contribution in [3.8, 4) is 11.3 Å². The minimum atomic E-state index is -0.548. The van der Waals surface area contributed by atoms with Crippen LogP contribution in [0.3, 0.4) is 0 Å². The summed E-state index contributed by atoms with van der Waals surface area (Å²) in [7, 11) is 0. The summed E-state index contributed by atoms with van der Waals surface area (Å²) in [5, 5.41) is 18.9. The highest BCUT2D eigenvalue weighted by Gasteiger charge is 2.13. The average Bonchev–Trinajstić information content (AvgIpc) is 3.32. The summed E-state index contributed by atoms with van der Waals surface area (Å²) in [5.41, 5.74) is 2.34. The molecule has 0 saturated heterocycles. The van der Waals surface area contributed by atoms with Crippen LogP contribution in [0, 0.1) is 10.1 Å². The van der Waals surface area contributed by atoms with E-state index in [1.807, 2.05) is 41.8 Å². The van der Waals surface area contributed by atoms with Gasteiger partial charge in [-0.2, -0.15) is 0 Å². The molecular formula is C24H18N4O4S2. The Bertz CT molecular complexity index is 1340. The third kappa shape index (κ3) is 6.06. The van der Waals surface area contributed by atoms with E-state index in [-0.39, 0.29) is 22.9 Å². The summed E-state index contributed by atoms with van der Waals surface area (Å²) >= 11 is 2.68. The Morgan fingerprint density at radius 2 is 1.76 bits per heavy atom. The number of amides is 2. The number of aromatic nitrogens is 1. The van der Waals surface area contributed by atoms with Gasteiger partial charge in [0.05, 0.1) is 16.4 Å². The molecule has 0 aliphatic heterocycles. The van der Waals surface area contributed by atoms with Crippen molar-refractivity contribution in [1.29, 1.82) is 0 Å². The van der Waals surface area contributed by atoms with Crippen molar-refractivity contribution in [2.45, 2.75) is 4.90 Å². The van der Waals surface area contributed by atoms with Crippen LogP contribution in [0.1, 0.15) is 10.4 Å². The van der Waals surface area contributed by atoms with E-state index in [1.54, 1.807) is 18.2 Å². The van der Waals surface area contributed by atoms with E-state index in [1.165, 1.54) is 47.4 Å². The van der Waals surface area contributed by atoms with Crippen LogP contribution in [0.25, 0.3) is 11.3 Å². The lowest BCUT2D eigenvalue weighted by Crippen LogP contribution is -2.14. The lowest BCUT2D eigenvalue weighted by molar-refractivity contribution is -0.384. The van der Waals surface area contributed by atoms with Crippen molar-refractivity contribution in [2.24, 2.45) is 0 Å². The van der Waals surface area contributed by atoms with Crippen molar-refractivity contribution in [1.82, 2.24) is 4.98 Å². The number of hydrogen-bond acceptors (Lipinski definition) is 7. The summed E-state index contributed by atoms with van der Waals surface area (Å²) in [6.45, 7) is 0. The minimum absolute atomic E-state index is 0.154. The molecular weight excluding hydrogens is 472 g/mol. The number of benzene rings is 3. The molecule has 2 amide bonds. The van der Waals surface area contributed by atoms with Gasteiger partial charge in [-0.3, -0.25) is 19.7 Å². The van der Waals surface area contributed by atoms with E-state index < -0.39 is 10.8 Å². The minimum Gasteiger partial charge on any atom is -0.322 e. The summed E-state index contributed by atoms with van der Waals surface area (Å²) in [5.74, 6) is -0.478. The van der Waals surface area contributed by atoms with Gasteiger partial charge in [-0.1, -0.05) is 42.5 Å². The zero-order valence-corrected chi connectivity index (χ0v) is 19.3. The predicted octanol–water partition coefficient (Wildman–Crippen LogP) is 5.70. The number of carbonyl (C=O) groups is 2. The molecule has 0 atom stereocenters. The lowest BCUT2D eigenvalue weighted by atomic mass is 10.2. The molecule has 0 saturated carbocycles. The molecule has 10 heteroatoms. The molecule has 8 nitrogen and oxygen atoms in total. The molecule has 0 unspecified atom stereocenters. The molecule has 0 radical (unpaired) electrons. The van der Waals surface area contributed by atoms with E-state index in [0.29, 0.717) is 10.8 Å². The maximum atomic E-state index is 12.5. The van der Waals surface area contributed by atoms with Crippen LogP contribution in [0.2, 0.25) is 0 Å². The first-order chi connectivity index (χ1) is 16.5. The number of thioether (sulfide) groups is 1. The van der Waals surface area contributed by atoms with E-state index in [2.05, 4.69) is 15.6 Å². The second kappa shape index (κ2) is 10.7. The topological polar surface area (TPSA) is 114 Å². The molecule has 34 heavy (non-hydrogen) atoms. The van der Waals surface area contributed by atoms with Crippen LogP contribution >= 0.6 is 23.1 Å². The van der Waals surface area contributed by atoms with Gasteiger partial charge in [-0.05, 0) is 24.3 Å². The normalized spacial score (nSPS) is 10.5. The molecule has 170 valence electrons. The third-order valence-corrected chi connectivity index (χ3v) is 6.35. The SMILES string of the molecule is O=C(CSc1cccc(NC(=O)c2cccc([N+](=O)[O-])c2)c1)Nc1nc(-c2ccccc2)cs1. The van der Waals surface area contributed by atoms with Gasteiger partial charge in [0.2, 0.25) is 5.91 Å². The second-order valence-corrected chi connectivity index (χ2v) is 8.94. The number of nitro benzene ring substituents is 1. The van der Waals surface area contributed by atoms with Crippen LogP contribution in [0.5, 0.6) is 0 Å². The number of nitrogens with one attached hydrogen (secondary N) is 2. The maximum Gasteiger partial charge on any atom is 0.270 e. The monoisotopic (exact) mass is 490 g/mol.